The number of hydrogen-bond donors (Lipinski definition) is 2. The standard InChI is InChI=1S/C18H23F6N3O3S/c1-31(29,30)26-4-7-27-5-2-12(3-6-27)11-25-16(28)13-8-14(17(19,20)21)10-15(9-13)18(22,23)24/h8-10,12,26H,2-7,11H2,1H3,(H,25,28). The Morgan fingerprint density at radius 2 is 1.55 bits per heavy atom. The zero-order valence-corrected chi connectivity index (χ0v) is 17.4. The van der Waals surface area contributed by atoms with Gasteiger partial charge >= 0.3 is 12.4 Å². The van der Waals surface area contributed by atoms with E-state index in [1.165, 1.54) is 0 Å². The van der Waals surface area contributed by atoms with E-state index in [2.05, 4.69) is 10.0 Å². The SMILES string of the molecule is CS(=O)(=O)NCCN1CCC(CNC(=O)c2cc(C(F)(F)F)cc(C(F)(F)F)c2)CC1. The molecule has 0 aromatic heterocycles. The highest BCUT2D eigenvalue weighted by atomic mass is 32.2. The number of sulfonamides is 1. The van der Waals surface area contributed by atoms with Crippen molar-refractivity contribution in [3.63, 3.8) is 0 Å². The average Bonchev–Trinajstić information content (AvgIpc) is 2.64. The number of carbonyl (C=O) groups is 1. The summed E-state index contributed by atoms with van der Waals surface area (Å²) in [6, 6.07) is 0.787. The molecule has 0 aliphatic carbocycles. The van der Waals surface area contributed by atoms with Crippen molar-refractivity contribution in [2.75, 3.05) is 39.0 Å². The van der Waals surface area contributed by atoms with Gasteiger partial charge < -0.3 is 10.2 Å². The molecule has 1 fully saturated rings. The number of benzene rings is 1. The highest BCUT2D eigenvalue weighted by molar-refractivity contribution is 7.88. The molecule has 1 heterocycles. The van der Waals surface area contributed by atoms with Gasteiger partial charge in [0.1, 0.15) is 0 Å². The van der Waals surface area contributed by atoms with Crippen LogP contribution in [0.4, 0.5) is 26.3 Å². The monoisotopic (exact) mass is 475 g/mol. The first-order valence-electron chi connectivity index (χ1n) is 9.40. The third-order valence-electron chi connectivity index (χ3n) is 4.90. The van der Waals surface area contributed by atoms with Crippen molar-refractivity contribution in [1.29, 1.82) is 0 Å². The van der Waals surface area contributed by atoms with Crippen LogP contribution in [0.2, 0.25) is 0 Å². The number of alkyl halides is 6. The van der Waals surface area contributed by atoms with Crippen LogP contribution < -0.4 is 10.0 Å². The molecule has 31 heavy (non-hydrogen) atoms. The Morgan fingerprint density at radius 3 is 2.00 bits per heavy atom. The van der Waals surface area contributed by atoms with Gasteiger partial charge in [-0.3, -0.25) is 4.79 Å². The number of carbonyl (C=O) groups excluding carboxylic acids is 1. The number of halogens is 6. The van der Waals surface area contributed by atoms with Gasteiger partial charge in [0.2, 0.25) is 10.0 Å². The van der Waals surface area contributed by atoms with Gasteiger partial charge in [-0.25, -0.2) is 13.1 Å². The van der Waals surface area contributed by atoms with Crippen LogP contribution >= 0.6 is 0 Å². The van der Waals surface area contributed by atoms with Gasteiger partial charge in [0.25, 0.3) is 5.91 Å². The average molecular weight is 475 g/mol. The first-order valence-corrected chi connectivity index (χ1v) is 11.3. The van der Waals surface area contributed by atoms with Crippen LogP contribution in [0.25, 0.3) is 0 Å². The molecule has 1 aliphatic rings. The van der Waals surface area contributed by atoms with Crippen molar-refractivity contribution in [2.45, 2.75) is 25.2 Å². The summed E-state index contributed by atoms with van der Waals surface area (Å²) in [7, 11) is -3.27. The Kier molecular flexibility index (Phi) is 7.98. The van der Waals surface area contributed by atoms with Gasteiger partial charge in [-0.05, 0) is 50.0 Å². The molecule has 0 bridgehead atoms. The number of hydrogen-bond acceptors (Lipinski definition) is 4. The van der Waals surface area contributed by atoms with Crippen molar-refractivity contribution in [3.05, 3.63) is 34.9 Å². The molecule has 1 aromatic rings. The quantitative estimate of drug-likeness (QED) is 0.595. The van der Waals surface area contributed by atoms with Gasteiger partial charge in [-0.15, -0.1) is 0 Å². The van der Waals surface area contributed by atoms with E-state index in [1.54, 1.807) is 0 Å². The summed E-state index contributed by atoms with van der Waals surface area (Å²) < 4.78 is 102. The summed E-state index contributed by atoms with van der Waals surface area (Å²) in [5.74, 6) is -0.993. The molecule has 0 saturated carbocycles. The summed E-state index contributed by atoms with van der Waals surface area (Å²) in [6.07, 6.45) is -7.68. The maximum atomic E-state index is 12.9. The van der Waals surface area contributed by atoms with E-state index in [9.17, 15) is 39.6 Å². The lowest BCUT2D eigenvalue weighted by Gasteiger charge is -2.32. The summed E-state index contributed by atoms with van der Waals surface area (Å²) in [5, 5.41) is 2.42. The van der Waals surface area contributed by atoms with Crippen LogP contribution in [0.15, 0.2) is 18.2 Å². The first-order chi connectivity index (χ1) is 14.1. The number of rotatable bonds is 7. The van der Waals surface area contributed by atoms with E-state index in [1.807, 2.05) is 4.90 Å². The van der Waals surface area contributed by atoms with E-state index < -0.39 is 45.0 Å². The Morgan fingerprint density at radius 1 is 1.03 bits per heavy atom. The van der Waals surface area contributed by atoms with E-state index in [-0.39, 0.29) is 25.1 Å². The number of piperidine rings is 1. The van der Waals surface area contributed by atoms with Gasteiger partial charge in [-0.1, -0.05) is 0 Å². The van der Waals surface area contributed by atoms with E-state index in [0.29, 0.717) is 44.6 Å². The molecule has 6 nitrogen and oxygen atoms in total. The van der Waals surface area contributed by atoms with E-state index >= 15 is 0 Å². The molecule has 0 spiro atoms. The summed E-state index contributed by atoms with van der Waals surface area (Å²) in [6.45, 7) is 2.15. The predicted octanol–water partition coefficient (Wildman–Crippen LogP) is 2.72. The lowest BCUT2D eigenvalue weighted by Crippen LogP contribution is -2.41. The summed E-state index contributed by atoms with van der Waals surface area (Å²) >= 11 is 0. The van der Waals surface area contributed by atoms with Crippen LogP contribution in [-0.2, 0) is 22.4 Å². The van der Waals surface area contributed by atoms with Crippen LogP contribution in [0, 0.1) is 5.92 Å². The van der Waals surface area contributed by atoms with E-state index in [0.717, 1.165) is 6.26 Å². The van der Waals surface area contributed by atoms with Gasteiger partial charge in [0.15, 0.2) is 0 Å². The highest BCUT2D eigenvalue weighted by Gasteiger charge is 2.37. The molecule has 2 N–H and O–H groups in total. The maximum Gasteiger partial charge on any atom is 0.416 e. The molecule has 0 radical (unpaired) electrons. The molecule has 0 unspecified atom stereocenters. The van der Waals surface area contributed by atoms with Gasteiger partial charge in [0, 0.05) is 25.2 Å². The maximum absolute atomic E-state index is 12.9. The molecule has 176 valence electrons. The van der Waals surface area contributed by atoms with E-state index in [4.69, 9.17) is 0 Å². The second-order valence-corrected chi connectivity index (χ2v) is 9.29. The molecule has 1 saturated heterocycles. The molecule has 1 amide bonds. The molecule has 13 heteroatoms. The van der Waals surface area contributed by atoms with Crippen molar-refractivity contribution in [1.82, 2.24) is 14.9 Å². The fourth-order valence-electron chi connectivity index (χ4n) is 3.23. The fraction of sp³-hybridized carbons (Fsp3) is 0.611. The minimum absolute atomic E-state index is 0.0101. The van der Waals surface area contributed by atoms with Crippen molar-refractivity contribution in [2.24, 2.45) is 5.92 Å². The number of nitrogens with one attached hydrogen (secondary N) is 2. The number of nitrogens with zero attached hydrogens (tertiary/aromatic N) is 1. The molecule has 0 atom stereocenters. The summed E-state index contributed by atoms with van der Waals surface area (Å²) in [5.41, 5.74) is -3.78. The molecule has 1 aliphatic heterocycles. The van der Waals surface area contributed by atoms with Gasteiger partial charge in [0.05, 0.1) is 17.4 Å². The first kappa shape index (κ1) is 25.4. The molecule has 1 aromatic carbocycles. The Balaban J connectivity index is 1.92. The minimum atomic E-state index is -5.02. The second kappa shape index (κ2) is 9.74. The van der Waals surface area contributed by atoms with Gasteiger partial charge in [-0.2, -0.15) is 26.3 Å². The highest BCUT2D eigenvalue weighted by Crippen LogP contribution is 2.36. The lowest BCUT2D eigenvalue weighted by atomic mass is 9.96. The molecule has 2 rings (SSSR count). The normalized spacial score (nSPS) is 17.0. The largest absolute Gasteiger partial charge is 0.416 e. The Hall–Kier alpha value is -1.86. The van der Waals surface area contributed by atoms with Crippen molar-refractivity contribution < 1.29 is 39.6 Å². The summed E-state index contributed by atoms with van der Waals surface area (Å²) in [4.78, 5) is 14.3. The second-order valence-electron chi connectivity index (χ2n) is 7.46. The van der Waals surface area contributed by atoms with Crippen LogP contribution in [0.3, 0.4) is 0 Å². The van der Waals surface area contributed by atoms with Crippen LogP contribution in [-0.4, -0.2) is 58.2 Å². The third-order valence-corrected chi connectivity index (χ3v) is 5.63. The van der Waals surface area contributed by atoms with Crippen molar-refractivity contribution in [3.8, 4) is 0 Å². The Bertz CT molecular complexity index is 846. The minimum Gasteiger partial charge on any atom is -0.352 e. The number of amides is 1. The predicted molar refractivity (Wildman–Crippen MR) is 101 cm³/mol. The molecular formula is C18H23F6N3O3S. The lowest BCUT2D eigenvalue weighted by molar-refractivity contribution is -0.143. The smallest absolute Gasteiger partial charge is 0.352 e. The van der Waals surface area contributed by atoms with Crippen LogP contribution in [0.1, 0.15) is 34.3 Å². The van der Waals surface area contributed by atoms with Crippen molar-refractivity contribution >= 4 is 15.9 Å². The fourth-order valence-corrected chi connectivity index (χ4v) is 3.69. The third kappa shape index (κ3) is 8.30. The van der Waals surface area contributed by atoms with Crippen LogP contribution in [0.5, 0.6) is 0 Å². The zero-order chi connectivity index (χ0) is 23.4. The number of likely N-dealkylation sites (tertiary alicyclic amines) is 1. The Labute approximate surface area is 176 Å². The zero-order valence-electron chi connectivity index (χ0n) is 16.6. The topological polar surface area (TPSA) is 78.5 Å². The molecular weight excluding hydrogens is 452 g/mol.